The van der Waals surface area contributed by atoms with Crippen LogP contribution >= 0.6 is 27.3 Å². The van der Waals surface area contributed by atoms with Crippen molar-refractivity contribution in [2.75, 3.05) is 12.4 Å². The third kappa shape index (κ3) is 1.50. The van der Waals surface area contributed by atoms with Crippen LogP contribution in [0.1, 0.15) is 17.7 Å². The number of hydrogen-bond donors (Lipinski definition) is 0. The van der Waals surface area contributed by atoms with E-state index < -0.39 is 9.84 Å². The van der Waals surface area contributed by atoms with E-state index in [2.05, 4.69) is 15.9 Å². The number of halogens is 1. The lowest BCUT2D eigenvalue weighted by Gasteiger charge is -2.11. The summed E-state index contributed by atoms with van der Waals surface area (Å²) in [6, 6.07) is 1.71. The van der Waals surface area contributed by atoms with Crippen LogP contribution in [0.25, 0.3) is 0 Å². The molecule has 0 unspecified atom stereocenters. The summed E-state index contributed by atoms with van der Waals surface area (Å²) in [5.41, 5.74) is -0.268. The molecule has 82 valence electrons. The van der Waals surface area contributed by atoms with Gasteiger partial charge in [0, 0.05) is 0 Å². The Kier molecular flexibility index (Phi) is 2.09. The van der Waals surface area contributed by atoms with E-state index in [4.69, 9.17) is 4.74 Å². The van der Waals surface area contributed by atoms with E-state index >= 15 is 0 Å². The monoisotopic (exact) mass is 308 g/mol. The van der Waals surface area contributed by atoms with Gasteiger partial charge in [0.25, 0.3) is 0 Å². The SMILES string of the molecule is O=S1(=O)CCOC2(CC2)c2sc(Br)cc21. The van der Waals surface area contributed by atoms with Gasteiger partial charge in [0.05, 0.1) is 25.9 Å². The Morgan fingerprint density at radius 1 is 1.47 bits per heavy atom. The van der Waals surface area contributed by atoms with Crippen LogP contribution in [0.4, 0.5) is 0 Å². The van der Waals surface area contributed by atoms with Gasteiger partial charge >= 0.3 is 0 Å². The van der Waals surface area contributed by atoms with E-state index in [1.165, 1.54) is 11.3 Å². The Morgan fingerprint density at radius 3 is 2.87 bits per heavy atom. The quantitative estimate of drug-likeness (QED) is 0.738. The summed E-state index contributed by atoms with van der Waals surface area (Å²) < 4.78 is 30.4. The molecule has 0 aromatic carbocycles. The molecule has 2 heterocycles. The van der Waals surface area contributed by atoms with Crippen molar-refractivity contribution in [3.8, 4) is 0 Å². The van der Waals surface area contributed by atoms with Crippen molar-refractivity contribution in [3.05, 3.63) is 14.7 Å². The zero-order chi connectivity index (χ0) is 10.7. The molecule has 3 nitrogen and oxygen atoms in total. The van der Waals surface area contributed by atoms with E-state index in [0.29, 0.717) is 11.5 Å². The van der Waals surface area contributed by atoms with E-state index in [-0.39, 0.29) is 11.4 Å². The molecule has 15 heavy (non-hydrogen) atoms. The average Bonchev–Trinajstić information content (AvgIpc) is 2.82. The lowest BCUT2D eigenvalue weighted by atomic mass is 10.3. The first-order valence-corrected chi connectivity index (χ1v) is 7.96. The second-order valence-electron chi connectivity index (χ2n) is 3.91. The molecule has 1 spiro atoms. The second kappa shape index (κ2) is 3.06. The van der Waals surface area contributed by atoms with Gasteiger partial charge in [-0.15, -0.1) is 11.3 Å². The molecular weight excluding hydrogens is 300 g/mol. The molecule has 0 atom stereocenters. The van der Waals surface area contributed by atoms with Crippen molar-refractivity contribution in [2.24, 2.45) is 0 Å². The van der Waals surface area contributed by atoms with Gasteiger partial charge in [0.1, 0.15) is 5.60 Å². The van der Waals surface area contributed by atoms with Gasteiger partial charge in [-0.1, -0.05) is 0 Å². The standard InChI is InChI=1S/C9H9BrO3S2/c10-7-5-6-8(14-7)9(1-2-9)13-3-4-15(6,11)12/h5H,1-4H2. The molecular formula is C9H9BrO3S2. The highest BCUT2D eigenvalue weighted by Gasteiger charge is 2.51. The molecule has 0 saturated heterocycles. The fourth-order valence-corrected chi connectivity index (χ4v) is 5.62. The van der Waals surface area contributed by atoms with Gasteiger partial charge in [0.2, 0.25) is 0 Å². The smallest absolute Gasteiger partial charge is 0.181 e. The summed E-state index contributed by atoms with van der Waals surface area (Å²) in [5, 5.41) is 0. The Labute approximate surface area is 100 Å². The van der Waals surface area contributed by atoms with Crippen molar-refractivity contribution < 1.29 is 13.2 Å². The van der Waals surface area contributed by atoms with Crippen molar-refractivity contribution in [1.82, 2.24) is 0 Å². The number of ether oxygens (including phenoxy) is 1. The van der Waals surface area contributed by atoms with Gasteiger partial charge < -0.3 is 4.74 Å². The highest BCUT2D eigenvalue weighted by Crippen LogP contribution is 2.55. The van der Waals surface area contributed by atoms with Gasteiger partial charge in [-0.25, -0.2) is 8.42 Å². The zero-order valence-corrected chi connectivity index (χ0v) is 11.0. The number of fused-ring (bicyclic) bond motifs is 2. The fraction of sp³-hybridized carbons (Fsp3) is 0.556. The molecule has 2 aliphatic rings. The fourth-order valence-electron chi connectivity index (χ4n) is 1.90. The van der Waals surface area contributed by atoms with Gasteiger partial charge in [-0.3, -0.25) is 0 Å². The predicted octanol–water partition coefficient (Wildman–Crippen LogP) is 2.30. The van der Waals surface area contributed by atoms with Crippen LogP contribution in [0.2, 0.25) is 0 Å². The number of rotatable bonds is 0. The summed E-state index contributed by atoms with van der Waals surface area (Å²) >= 11 is 4.84. The van der Waals surface area contributed by atoms with Crippen LogP contribution in [-0.2, 0) is 20.2 Å². The molecule has 3 rings (SSSR count). The minimum absolute atomic E-state index is 0.102. The van der Waals surface area contributed by atoms with E-state index in [1.807, 2.05) is 0 Å². The summed E-state index contributed by atoms with van der Waals surface area (Å²) in [7, 11) is -3.13. The Balaban J connectivity index is 2.26. The second-order valence-corrected chi connectivity index (χ2v) is 8.41. The first-order chi connectivity index (χ1) is 7.04. The van der Waals surface area contributed by atoms with Gasteiger partial charge in [-0.2, -0.15) is 0 Å². The highest BCUT2D eigenvalue weighted by molar-refractivity contribution is 9.11. The Bertz CT molecular complexity index is 513. The lowest BCUT2D eigenvalue weighted by Crippen LogP contribution is -2.11. The molecule has 1 aliphatic carbocycles. The highest BCUT2D eigenvalue weighted by atomic mass is 79.9. The van der Waals surface area contributed by atoms with Crippen molar-refractivity contribution >= 4 is 37.1 Å². The molecule has 1 aliphatic heterocycles. The summed E-state index contributed by atoms with van der Waals surface area (Å²) in [6.45, 7) is 0.321. The largest absolute Gasteiger partial charge is 0.368 e. The van der Waals surface area contributed by atoms with Crippen LogP contribution in [-0.4, -0.2) is 20.8 Å². The molecule has 1 aromatic rings. The van der Waals surface area contributed by atoms with Gasteiger partial charge in [-0.05, 0) is 34.8 Å². The summed E-state index contributed by atoms with van der Waals surface area (Å²) in [4.78, 5) is 1.38. The normalized spacial score (nSPS) is 25.9. The van der Waals surface area contributed by atoms with Crippen LogP contribution in [0.15, 0.2) is 14.7 Å². The number of sulfone groups is 1. The molecule has 0 bridgehead atoms. The van der Waals surface area contributed by atoms with Crippen molar-refractivity contribution in [3.63, 3.8) is 0 Å². The van der Waals surface area contributed by atoms with E-state index in [0.717, 1.165) is 21.5 Å². The molecule has 1 aromatic heterocycles. The maximum Gasteiger partial charge on any atom is 0.181 e. The van der Waals surface area contributed by atoms with Crippen LogP contribution in [0, 0.1) is 0 Å². The number of hydrogen-bond acceptors (Lipinski definition) is 4. The predicted molar refractivity (Wildman–Crippen MR) is 60.9 cm³/mol. The minimum Gasteiger partial charge on any atom is -0.368 e. The molecule has 1 fully saturated rings. The van der Waals surface area contributed by atoms with Crippen LogP contribution < -0.4 is 0 Å². The number of thiophene rings is 1. The third-order valence-electron chi connectivity index (χ3n) is 2.85. The van der Waals surface area contributed by atoms with Crippen molar-refractivity contribution in [2.45, 2.75) is 23.3 Å². The van der Waals surface area contributed by atoms with Crippen molar-refractivity contribution in [1.29, 1.82) is 0 Å². The molecule has 0 radical (unpaired) electrons. The van der Waals surface area contributed by atoms with Gasteiger partial charge in [0.15, 0.2) is 9.84 Å². The van der Waals surface area contributed by atoms with Crippen LogP contribution in [0.5, 0.6) is 0 Å². The summed E-state index contributed by atoms with van der Waals surface area (Å²) in [5.74, 6) is 0.102. The molecule has 1 saturated carbocycles. The Hall–Kier alpha value is 0.0900. The van der Waals surface area contributed by atoms with Crippen LogP contribution in [0.3, 0.4) is 0 Å². The Morgan fingerprint density at radius 2 is 2.20 bits per heavy atom. The summed E-state index contributed by atoms with van der Waals surface area (Å²) in [6.07, 6.45) is 1.89. The maximum atomic E-state index is 11.9. The lowest BCUT2D eigenvalue weighted by molar-refractivity contribution is 0.0441. The molecule has 6 heteroatoms. The first-order valence-electron chi connectivity index (χ1n) is 4.70. The maximum absolute atomic E-state index is 11.9. The van der Waals surface area contributed by atoms with E-state index in [1.54, 1.807) is 6.07 Å². The zero-order valence-electron chi connectivity index (χ0n) is 7.82. The average molecular weight is 309 g/mol. The third-order valence-corrected chi connectivity index (χ3v) is 6.50. The molecule has 0 amide bonds. The van der Waals surface area contributed by atoms with E-state index in [9.17, 15) is 8.42 Å². The molecule has 0 N–H and O–H groups in total. The topological polar surface area (TPSA) is 43.4 Å². The minimum atomic E-state index is -3.13. The first kappa shape index (κ1) is 10.3.